The molecule has 1 aromatic heterocycles. The van der Waals surface area contributed by atoms with Gasteiger partial charge in [-0.25, -0.2) is 4.68 Å². The summed E-state index contributed by atoms with van der Waals surface area (Å²) >= 11 is 0. The van der Waals surface area contributed by atoms with Gasteiger partial charge in [0.25, 0.3) is 17.4 Å². The molecule has 2 N–H and O–H groups in total. The average molecular weight is 597 g/mol. The van der Waals surface area contributed by atoms with Gasteiger partial charge in [-0.15, -0.1) is 0 Å². The van der Waals surface area contributed by atoms with Crippen molar-refractivity contribution < 1.29 is 14.3 Å². The highest BCUT2D eigenvalue weighted by molar-refractivity contribution is 6.05. The molecule has 0 saturated carbocycles. The van der Waals surface area contributed by atoms with Gasteiger partial charge in [-0.1, -0.05) is 77.9 Å². The first-order valence-electron chi connectivity index (χ1n) is 15.1. The van der Waals surface area contributed by atoms with Gasteiger partial charge in [0.1, 0.15) is 11.4 Å². The van der Waals surface area contributed by atoms with Gasteiger partial charge in [-0.3, -0.25) is 19.1 Å². The lowest BCUT2D eigenvalue weighted by molar-refractivity contribution is -0.118. The van der Waals surface area contributed by atoms with Crippen molar-refractivity contribution in [2.45, 2.75) is 72.1 Å². The van der Waals surface area contributed by atoms with Crippen molar-refractivity contribution in [1.29, 1.82) is 0 Å². The van der Waals surface area contributed by atoms with E-state index < -0.39 is 5.91 Å². The van der Waals surface area contributed by atoms with E-state index in [0.29, 0.717) is 28.4 Å². The number of ether oxygens (including phenoxy) is 1. The Morgan fingerprint density at radius 2 is 1.52 bits per heavy atom. The molecule has 44 heavy (non-hydrogen) atoms. The van der Waals surface area contributed by atoms with E-state index in [0.717, 1.165) is 18.4 Å². The minimum atomic E-state index is -0.454. The van der Waals surface area contributed by atoms with Gasteiger partial charge in [0.2, 0.25) is 0 Å². The molecular formula is C36H44N4O4. The van der Waals surface area contributed by atoms with E-state index in [1.807, 2.05) is 36.4 Å². The lowest BCUT2D eigenvalue weighted by Crippen LogP contribution is -2.24. The predicted octanol–water partition coefficient (Wildman–Crippen LogP) is 7.13. The molecule has 0 aliphatic carbocycles. The molecule has 232 valence electrons. The van der Waals surface area contributed by atoms with E-state index in [-0.39, 0.29) is 34.6 Å². The molecule has 0 atom stereocenters. The molecule has 8 heteroatoms. The molecular weight excluding hydrogens is 552 g/mol. The summed E-state index contributed by atoms with van der Waals surface area (Å²) in [6.07, 6.45) is 1.93. The number of carbonyl (C=O) groups is 2. The van der Waals surface area contributed by atoms with Crippen LogP contribution in [0.5, 0.6) is 5.75 Å². The van der Waals surface area contributed by atoms with Gasteiger partial charge < -0.3 is 15.4 Å². The lowest BCUT2D eigenvalue weighted by atomic mass is 9.76. The molecule has 8 nitrogen and oxygen atoms in total. The normalized spacial score (nSPS) is 11.7. The molecule has 0 aliphatic heterocycles. The molecule has 2 amide bonds. The van der Waals surface area contributed by atoms with Crippen LogP contribution in [0.4, 0.5) is 11.4 Å². The second kappa shape index (κ2) is 13.0. The first kappa shape index (κ1) is 32.3. The maximum Gasteiger partial charge on any atom is 0.295 e. The summed E-state index contributed by atoms with van der Waals surface area (Å²) < 4.78 is 9.27. The van der Waals surface area contributed by atoms with Crippen LogP contribution in [0, 0.1) is 6.92 Å². The third-order valence-corrected chi connectivity index (χ3v) is 8.82. The van der Waals surface area contributed by atoms with E-state index in [2.05, 4.69) is 64.3 Å². The van der Waals surface area contributed by atoms with Gasteiger partial charge in [-0.05, 0) is 72.6 Å². The van der Waals surface area contributed by atoms with E-state index in [9.17, 15) is 14.4 Å². The smallest absolute Gasteiger partial charge is 0.295 e. The van der Waals surface area contributed by atoms with E-state index >= 15 is 0 Å². The second-order valence-electron chi connectivity index (χ2n) is 12.5. The van der Waals surface area contributed by atoms with Gasteiger partial charge in [-0.2, -0.15) is 0 Å². The largest absolute Gasteiger partial charge is 0.483 e. The first-order valence-corrected chi connectivity index (χ1v) is 15.1. The van der Waals surface area contributed by atoms with Crippen LogP contribution in [0.25, 0.3) is 5.69 Å². The lowest BCUT2D eigenvalue weighted by Gasteiger charge is -2.30. The van der Waals surface area contributed by atoms with Crippen LogP contribution in [-0.2, 0) is 22.7 Å². The van der Waals surface area contributed by atoms with Gasteiger partial charge in [0, 0.05) is 23.9 Å². The summed E-state index contributed by atoms with van der Waals surface area (Å²) in [4.78, 5) is 39.4. The fourth-order valence-corrected chi connectivity index (χ4v) is 4.98. The Labute approximate surface area is 260 Å². The number of anilines is 2. The quantitative estimate of drug-likeness (QED) is 0.193. The fourth-order valence-electron chi connectivity index (χ4n) is 4.98. The number of carbonyl (C=O) groups excluding carboxylic acids is 2. The molecule has 0 aliphatic rings. The first-order chi connectivity index (χ1) is 20.8. The van der Waals surface area contributed by atoms with Crippen LogP contribution in [0.15, 0.2) is 77.6 Å². The van der Waals surface area contributed by atoms with Gasteiger partial charge in [0.05, 0.1) is 11.4 Å². The molecule has 0 bridgehead atoms. The number of amides is 2. The monoisotopic (exact) mass is 596 g/mol. The van der Waals surface area contributed by atoms with Crippen molar-refractivity contribution in [3.05, 3.63) is 106 Å². The van der Waals surface area contributed by atoms with Crippen LogP contribution in [0.2, 0.25) is 0 Å². The number of nitrogens with zero attached hydrogens (tertiary/aromatic N) is 2. The van der Waals surface area contributed by atoms with E-state index in [4.69, 9.17) is 4.74 Å². The second-order valence-corrected chi connectivity index (χ2v) is 12.5. The minimum Gasteiger partial charge on any atom is -0.483 e. The topological polar surface area (TPSA) is 94.4 Å². The SMILES string of the molecule is CCC(C)(C)c1ccc(OCC(=O)Nc2cccc(C(=O)Nc3c(C)n(C)n(-c4ccccc4)c3=O)c2)c(C(C)(C)CC)c1. The van der Waals surface area contributed by atoms with Crippen molar-refractivity contribution in [2.75, 3.05) is 17.2 Å². The molecule has 0 spiro atoms. The Hall–Kier alpha value is -4.59. The number of aromatic nitrogens is 2. The zero-order valence-electron chi connectivity index (χ0n) is 27.1. The van der Waals surface area contributed by atoms with Crippen LogP contribution in [-0.4, -0.2) is 27.8 Å². The summed E-state index contributed by atoms with van der Waals surface area (Å²) in [6.45, 7) is 14.8. The summed E-state index contributed by atoms with van der Waals surface area (Å²) in [5, 5.41) is 5.60. The summed E-state index contributed by atoms with van der Waals surface area (Å²) in [5.41, 5.74) is 4.16. The Morgan fingerprint density at radius 1 is 0.841 bits per heavy atom. The molecule has 4 aromatic rings. The van der Waals surface area contributed by atoms with Crippen molar-refractivity contribution in [3.8, 4) is 11.4 Å². The summed E-state index contributed by atoms with van der Waals surface area (Å²) in [5.74, 6) is -0.106. The number of hydrogen-bond donors (Lipinski definition) is 2. The molecule has 3 aromatic carbocycles. The van der Waals surface area contributed by atoms with Crippen molar-refractivity contribution >= 4 is 23.2 Å². The van der Waals surface area contributed by atoms with Crippen molar-refractivity contribution in [3.63, 3.8) is 0 Å². The molecule has 0 saturated heterocycles. The van der Waals surface area contributed by atoms with E-state index in [1.165, 1.54) is 10.2 Å². The molecule has 0 radical (unpaired) electrons. The van der Waals surface area contributed by atoms with Crippen LogP contribution < -0.4 is 20.9 Å². The van der Waals surface area contributed by atoms with E-state index in [1.54, 1.807) is 42.9 Å². The third-order valence-electron chi connectivity index (χ3n) is 8.82. The Kier molecular flexibility index (Phi) is 9.52. The maximum absolute atomic E-state index is 13.2. The zero-order valence-corrected chi connectivity index (χ0v) is 27.1. The van der Waals surface area contributed by atoms with Crippen LogP contribution in [0.3, 0.4) is 0 Å². The Morgan fingerprint density at radius 3 is 2.18 bits per heavy atom. The number of para-hydroxylation sites is 1. The molecule has 1 heterocycles. The van der Waals surface area contributed by atoms with Crippen LogP contribution >= 0.6 is 0 Å². The predicted molar refractivity (Wildman–Crippen MR) is 177 cm³/mol. The highest BCUT2D eigenvalue weighted by atomic mass is 16.5. The number of nitrogens with one attached hydrogen (secondary N) is 2. The fraction of sp³-hybridized carbons (Fsp3) is 0.361. The number of rotatable bonds is 11. The van der Waals surface area contributed by atoms with Gasteiger partial charge >= 0.3 is 0 Å². The van der Waals surface area contributed by atoms with Gasteiger partial charge in [0.15, 0.2) is 6.61 Å². The molecule has 4 rings (SSSR count). The standard InChI is InChI=1S/C36H44N4O4/c1-9-35(4,5)26-19-20-30(29(22-26)36(6,7)10-2)44-23-31(41)37-27-16-14-15-25(21-27)33(42)38-32-24(3)39(8)40(34(32)43)28-17-12-11-13-18-28/h11-22H,9-10,23H2,1-8H3,(H,37,41)(H,38,42). The minimum absolute atomic E-state index is 0.0310. The molecule has 0 fully saturated rings. The molecule has 0 unspecified atom stereocenters. The number of hydrogen-bond acceptors (Lipinski definition) is 4. The van der Waals surface area contributed by atoms with Crippen LogP contribution in [0.1, 0.15) is 81.6 Å². The highest BCUT2D eigenvalue weighted by Crippen LogP contribution is 2.38. The highest BCUT2D eigenvalue weighted by Gasteiger charge is 2.27. The summed E-state index contributed by atoms with van der Waals surface area (Å²) in [6, 6.07) is 22.1. The number of benzene rings is 3. The average Bonchev–Trinajstić information content (AvgIpc) is 3.22. The Balaban J connectivity index is 1.47. The van der Waals surface area contributed by atoms with Crippen molar-refractivity contribution in [2.24, 2.45) is 7.05 Å². The third kappa shape index (κ3) is 6.80. The Bertz CT molecular complexity index is 1710. The maximum atomic E-state index is 13.2. The zero-order chi connectivity index (χ0) is 32.2. The van der Waals surface area contributed by atoms with Crippen molar-refractivity contribution in [1.82, 2.24) is 9.36 Å². The summed E-state index contributed by atoms with van der Waals surface area (Å²) in [7, 11) is 1.77.